The van der Waals surface area contributed by atoms with Crippen LogP contribution in [0.1, 0.15) is 41.0 Å². The van der Waals surface area contributed by atoms with Crippen molar-refractivity contribution in [2.24, 2.45) is 4.99 Å². The van der Waals surface area contributed by atoms with E-state index in [0.29, 0.717) is 5.56 Å². The van der Waals surface area contributed by atoms with Gasteiger partial charge in [-0.15, -0.1) is 11.3 Å². The summed E-state index contributed by atoms with van der Waals surface area (Å²) in [5.74, 6) is 0. The molecule has 0 saturated heterocycles. The van der Waals surface area contributed by atoms with Crippen molar-refractivity contribution in [1.29, 1.82) is 0 Å². The lowest BCUT2D eigenvalue weighted by atomic mass is 10.1. The van der Waals surface area contributed by atoms with Gasteiger partial charge in [-0.25, -0.2) is 4.98 Å². The molecule has 3 aromatic rings. The molecule has 0 aliphatic rings. The minimum Gasteiger partial charge on any atom is -0.305 e. The molecule has 0 aliphatic carbocycles. The van der Waals surface area contributed by atoms with Gasteiger partial charge in [0.2, 0.25) is 5.12 Å². The Morgan fingerprint density at radius 2 is 2.00 bits per heavy atom. The number of allylic oxidation sites excluding steroid dienone is 2. The molecule has 2 aromatic heterocycles. The van der Waals surface area contributed by atoms with Crippen molar-refractivity contribution in [3.8, 4) is 0 Å². The molecular formula is C23H26N4OS2. The molecule has 0 spiro atoms. The monoisotopic (exact) mass is 438 g/mol. The molecule has 0 unspecified atom stereocenters. The molecule has 0 atom stereocenters. The molecule has 5 nitrogen and oxygen atoms in total. The number of hydrogen-bond acceptors (Lipinski definition) is 7. The molecule has 0 bridgehead atoms. The summed E-state index contributed by atoms with van der Waals surface area (Å²) >= 11 is 2.72. The number of carbonyl (C=O) groups excluding carboxylic acids is 1. The zero-order chi connectivity index (χ0) is 21.7. The predicted octanol–water partition coefficient (Wildman–Crippen LogP) is 5.35. The Kier molecular flexibility index (Phi) is 7.53. The van der Waals surface area contributed by atoms with E-state index in [9.17, 15) is 4.79 Å². The molecule has 0 aliphatic heterocycles. The Morgan fingerprint density at radius 1 is 1.27 bits per heavy atom. The lowest BCUT2D eigenvalue weighted by Gasteiger charge is -2.09. The van der Waals surface area contributed by atoms with Crippen molar-refractivity contribution >= 4 is 50.2 Å². The molecule has 30 heavy (non-hydrogen) atoms. The zero-order valence-corrected chi connectivity index (χ0v) is 19.6. The third kappa shape index (κ3) is 5.03. The summed E-state index contributed by atoms with van der Waals surface area (Å²) in [5, 5.41) is -0.000561. The summed E-state index contributed by atoms with van der Waals surface area (Å²) in [6.07, 6.45) is 6.52. The normalized spacial score (nSPS) is 12.4. The fourth-order valence-electron chi connectivity index (χ4n) is 3.14. The highest BCUT2D eigenvalue weighted by molar-refractivity contribution is 8.15. The maximum absolute atomic E-state index is 12.8. The van der Waals surface area contributed by atoms with Crippen LogP contribution in [0.4, 0.5) is 0 Å². The van der Waals surface area contributed by atoms with E-state index in [0.717, 1.165) is 44.4 Å². The van der Waals surface area contributed by atoms with Gasteiger partial charge in [0.05, 0.1) is 10.4 Å². The summed E-state index contributed by atoms with van der Waals surface area (Å²) in [4.78, 5) is 28.5. The number of nitrogens with zero attached hydrogens (tertiary/aromatic N) is 4. The van der Waals surface area contributed by atoms with E-state index < -0.39 is 0 Å². The molecule has 1 aromatic carbocycles. The maximum Gasteiger partial charge on any atom is 0.226 e. The molecule has 3 rings (SSSR count). The van der Waals surface area contributed by atoms with Gasteiger partial charge in [-0.2, -0.15) is 0 Å². The highest BCUT2D eigenvalue weighted by atomic mass is 32.2. The lowest BCUT2D eigenvalue weighted by molar-refractivity contribution is 0.108. The number of pyridine rings is 1. The first-order chi connectivity index (χ1) is 14.5. The summed E-state index contributed by atoms with van der Waals surface area (Å²) in [6, 6.07) is 7.79. The molecule has 0 saturated carbocycles. The van der Waals surface area contributed by atoms with Gasteiger partial charge in [0.1, 0.15) is 5.52 Å². The van der Waals surface area contributed by atoms with Crippen molar-refractivity contribution in [2.45, 2.75) is 31.2 Å². The number of hydrogen-bond donors (Lipinski definition) is 0. The largest absolute Gasteiger partial charge is 0.305 e. The Bertz CT molecular complexity index is 1100. The van der Waals surface area contributed by atoms with E-state index in [2.05, 4.69) is 21.8 Å². The van der Waals surface area contributed by atoms with E-state index in [-0.39, 0.29) is 5.12 Å². The molecule has 2 heterocycles. The van der Waals surface area contributed by atoms with E-state index in [1.807, 2.05) is 63.8 Å². The van der Waals surface area contributed by atoms with E-state index >= 15 is 0 Å². The average Bonchev–Trinajstić information content (AvgIpc) is 3.15. The number of carbonyl (C=O) groups is 1. The third-order valence-corrected chi connectivity index (χ3v) is 6.64. The van der Waals surface area contributed by atoms with Crippen LogP contribution in [0.3, 0.4) is 0 Å². The lowest BCUT2D eigenvalue weighted by Crippen LogP contribution is -2.10. The first kappa shape index (κ1) is 22.3. The average molecular weight is 439 g/mol. The predicted molar refractivity (Wildman–Crippen MR) is 129 cm³/mol. The minimum atomic E-state index is -0.000561. The third-order valence-electron chi connectivity index (χ3n) is 4.57. The fraction of sp³-hybridized carbons (Fsp3) is 0.304. The first-order valence-corrected chi connectivity index (χ1v) is 11.4. The number of benzene rings is 1. The Labute approximate surface area is 186 Å². The summed E-state index contributed by atoms with van der Waals surface area (Å²) < 4.78 is 1.78. The fourth-order valence-corrected chi connectivity index (χ4v) is 5.18. The van der Waals surface area contributed by atoms with Crippen molar-refractivity contribution in [1.82, 2.24) is 14.9 Å². The van der Waals surface area contributed by atoms with Crippen LogP contribution in [-0.4, -0.2) is 47.3 Å². The van der Waals surface area contributed by atoms with Crippen molar-refractivity contribution in [3.05, 3.63) is 58.9 Å². The number of thiazole rings is 1. The first-order valence-electron chi connectivity index (χ1n) is 9.79. The van der Waals surface area contributed by atoms with Gasteiger partial charge in [-0.3, -0.25) is 14.8 Å². The van der Waals surface area contributed by atoms with Gasteiger partial charge < -0.3 is 4.90 Å². The Morgan fingerprint density at radius 3 is 2.60 bits per heavy atom. The second-order valence-corrected chi connectivity index (χ2v) is 9.30. The van der Waals surface area contributed by atoms with Crippen molar-refractivity contribution < 1.29 is 4.79 Å². The molecule has 0 fully saturated rings. The topological polar surface area (TPSA) is 58.5 Å². The second kappa shape index (κ2) is 10.1. The van der Waals surface area contributed by atoms with Crippen LogP contribution < -0.4 is 0 Å². The highest BCUT2D eigenvalue weighted by Gasteiger charge is 2.18. The smallest absolute Gasteiger partial charge is 0.226 e. The Hall–Kier alpha value is -2.35. The van der Waals surface area contributed by atoms with Gasteiger partial charge in [-0.1, -0.05) is 37.3 Å². The van der Waals surface area contributed by atoms with Crippen LogP contribution in [0.25, 0.3) is 15.8 Å². The number of aliphatic imine (C=N–C) groups is 1. The van der Waals surface area contributed by atoms with Gasteiger partial charge in [0.25, 0.3) is 0 Å². The summed E-state index contributed by atoms with van der Waals surface area (Å²) in [6.45, 7) is 4.90. The van der Waals surface area contributed by atoms with Crippen LogP contribution in [0.2, 0.25) is 0 Å². The highest BCUT2D eigenvalue weighted by Crippen LogP contribution is 2.36. The number of rotatable bonds is 7. The van der Waals surface area contributed by atoms with Crippen LogP contribution in [-0.2, 0) is 13.0 Å². The molecule has 7 heteroatoms. The minimum absolute atomic E-state index is 0.000561. The van der Waals surface area contributed by atoms with Crippen LogP contribution in [0, 0.1) is 0 Å². The zero-order valence-electron chi connectivity index (χ0n) is 18.0. The molecule has 0 N–H and O–H groups in total. The quantitative estimate of drug-likeness (QED) is 0.367. The maximum atomic E-state index is 12.8. The van der Waals surface area contributed by atoms with Gasteiger partial charge in [-0.05, 0) is 50.3 Å². The second-order valence-electron chi connectivity index (χ2n) is 7.09. The molecule has 156 valence electrons. The van der Waals surface area contributed by atoms with Gasteiger partial charge in [0.15, 0.2) is 4.34 Å². The SMILES string of the molecule is C/C=C(\C=NC)c1cnc(CC)c2nc(SC(=O)c3ccc(CN(C)C)cc3)sc12. The number of fused-ring (bicyclic) bond motifs is 1. The summed E-state index contributed by atoms with van der Waals surface area (Å²) in [7, 11) is 5.81. The van der Waals surface area contributed by atoms with Crippen LogP contribution >= 0.6 is 23.1 Å². The van der Waals surface area contributed by atoms with Crippen LogP contribution in [0.15, 0.2) is 45.9 Å². The molecule has 0 radical (unpaired) electrons. The van der Waals surface area contributed by atoms with Crippen molar-refractivity contribution in [3.63, 3.8) is 0 Å². The van der Waals surface area contributed by atoms with Gasteiger partial charge >= 0.3 is 0 Å². The van der Waals surface area contributed by atoms with Crippen LogP contribution in [0.5, 0.6) is 0 Å². The standard InChI is InChI=1S/C23H26N4OS2/c1-6-16(12-24-3)18-13-25-19(7-2)20-21(18)29-23(26-20)30-22(28)17-10-8-15(9-11-17)14-27(4)5/h6,8-13H,7,14H2,1-5H3/b16-6+,24-12?. The van der Waals surface area contributed by atoms with Gasteiger partial charge in [0, 0.05) is 37.1 Å². The Balaban J connectivity index is 1.92. The van der Waals surface area contributed by atoms with E-state index in [1.54, 1.807) is 7.05 Å². The number of aromatic nitrogens is 2. The molecule has 0 amide bonds. The van der Waals surface area contributed by atoms with E-state index in [4.69, 9.17) is 4.98 Å². The number of aryl methyl sites for hydroxylation is 1. The van der Waals surface area contributed by atoms with E-state index in [1.165, 1.54) is 28.7 Å². The number of thioether (sulfide) groups is 1. The summed E-state index contributed by atoms with van der Waals surface area (Å²) in [5.41, 5.74) is 5.69. The van der Waals surface area contributed by atoms with Crippen molar-refractivity contribution in [2.75, 3.05) is 21.1 Å². The molecular weight excluding hydrogens is 412 g/mol.